The number of thioether (sulfide) groups is 1. The standard InChI is InChI=1S/C19H17N3O4S.ClH/c1-22-15-9-12(23)4-7-14(15)20-17(22)10-26-13-5-2-11(3-6-13)8-16-18(24)21-19(25)27-16;/h2-7,9,16,23H,8,10H2,1H3,(H,21,24,25);1H. The number of nitrogens with zero attached hydrogens (tertiary/aromatic N) is 2. The zero-order chi connectivity index (χ0) is 19.0. The van der Waals surface area contributed by atoms with Crippen molar-refractivity contribution in [2.45, 2.75) is 18.3 Å². The molecular weight excluding hydrogens is 402 g/mol. The molecule has 3 aromatic rings. The molecule has 7 nitrogen and oxygen atoms in total. The Balaban J connectivity index is 0.00000225. The molecular formula is C19H18ClN3O4S. The molecule has 28 heavy (non-hydrogen) atoms. The normalized spacial score (nSPS) is 16.1. The highest BCUT2D eigenvalue weighted by molar-refractivity contribution is 8.15. The zero-order valence-electron chi connectivity index (χ0n) is 14.9. The van der Waals surface area contributed by atoms with E-state index in [1.54, 1.807) is 18.2 Å². The first-order valence-electron chi connectivity index (χ1n) is 8.37. The number of aromatic nitrogens is 2. The summed E-state index contributed by atoms with van der Waals surface area (Å²) in [6, 6.07) is 12.5. The molecule has 4 rings (SSSR count). The molecule has 1 aliphatic heterocycles. The second-order valence-electron chi connectivity index (χ2n) is 6.28. The molecule has 0 aliphatic carbocycles. The maximum absolute atomic E-state index is 11.6. The first-order valence-corrected chi connectivity index (χ1v) is 9.25. The first-order chi connectivity index (χ1) is 13.0. The average molecular weight is 420 g/mol. The number of aromatic hydroxyl groups is 1. The fourth-order valence-corrected chi connectivity index (χ4v) is 3.83. The van der Waals surface area contributed by atoms with Gasteiger partial charge in [-0.1, -0.05) is 23.9 Å². The first kappa shape index (κ1) is 20.0. The Morgan fingerprint density at radius 1 is 1.21 bits per heavy atom. The third-order valence-electron chi connectivity index (χ3n) is 4.44. The number of halogens is 1. The second-order valence-corrected chi connectivity index (χ2v) is 7.46. The van der Waals surface area contributed by atoms with Crippen molar-refractivity contribution in [3.63, 3.8) is 0 Å². The number of carbonyl (C=O) groups is 2. The van der Waals surface area contributed by atoms with E-state index in [4.69, 9.17) is 4.74 Å². The maximum atomic E-state index is 11.6. The predicted molar refractivity (Wildman–Crippen MR) is 109 cm³/mol. The number of aryl methyl sites for hydroxylation is 1. The quantitative estimate of drug-likeness (QED) is 0.659. The molecule has 0 saturated carbocycles. The second kappa shape index (κ2) is 8.12. The van der Waals surface area contributed by atoms with Crippen molar-refractivity contribution >= 4 is 46.3 Å². The number of hydrogen-bond donors (Lipinski definition) is 2. The van der Waals surface area contributed by atoms with Crippen molar-refractivity contribution in [2.24, 2.45) is 7.05 Å². The number of amides is 2. The number of benzene rings is 2. The van der Waals surface area contributed by atoms with Gasteiger partial charge in [-0.2, -0.15) is 0 Å². The average Bonchev–Trinajstić information content (AvgIpc) is 3.13. The Labute approximate surface area is 171 Å². The summed E-state index contributed by atoms with van der Waals surface area (Å²) in [5.41, 5.74) is 2.60. The molecule has 146 valence electrons. The van der Waals surface area contributed by atoms with Crippen LogP contribution in [0.25, 0.3) is 11.0 Å². The highest BCUT2D eigenvalue weighted by Gasteiger charge is 2.31. The summed E-state index contributed by atoms with van der Waals surface area (Å²) in [6.07, 6.45) is 0.497. The minimum atomic E-state index is -0.374. The molecule has 0 spiro atoms. The van der Waals surface area contributed by atoms with Crippen LogP contribution >= 0.6 is 24.2 Å². The lowest BCUT2D eigenvalue weighted by molar-refractivity contribution is -0.118. The summed E-state index contributed by atoms with van der Waals surface area (Å²) in [6.45, 7) is 0.292. The molecule has 2 N–H and O–H groups in total. The number of imide groups is 1. The number of imidazole rings is 1. The Morgan fingerprint density at radius 3 is 2.64 bits per heavy atom. The van der Waals surface area contributed by atoms with Crippen LogP contribution in [0.3, 0.4) is 0 Å². The minimum Gasteiger partial charge on any atom is -0.508 e. The van der Waals surface area contributed by atoms with E-state index in [1.165, 1.54) is 0 Å². The number of fused-ring (bicyclic) bond motifs is 1. The molecule has 1 atom stereocenters. The van der Waals surface area contributed by atoms with Crippen molar-refractivity contribution in [3.8, 4) is 11.5 Å². The lowest BCUT2D eigenvalue weighted by Crippen LogP contribution is -2.25. The maximum Gasteiger partial charge on any atom is 0.286 e. The molecule has 1 aliphatic rings. The smallest absolute Gasteiger partial charge is 0.286 e. The number of phenolic OH excluding ortho intramolecular Hbond substituents is 1. The van der Waals surface area contributed by atoms with Gasteiger partial charge in [0.1, 0.15) is 23.9 Å². The van der Waals surface area contributed by atoms with Crippen molar-refractivity contribution in [3.05, 3.63) is 53.9 Å². The van der Waals surface area contributed by atoms with E-state index in [-0.39, 0.29) is 34.6 Å². The summed E-state index contributed by atoms with van der Waals surface area (Å²) in [7, 11) is 1.88. The Morgan fingerprint density at radius 2 is 1.96 bits per heavy atom. The summed E-state index contributed by atoms with van der Waals surface area (Å²) < 4.78 is 7.70. The zero-order valence-corrected chi connectivity index (χ0v) is 16.5. The molecule has 1 fully saturated rings. The van der Waals surface area contributed by atoms with Crippen LogP contribution in [-0.4, -0.2) is 31.1 Å². The van der Waals surface area contributed by atoms with Crippen LogP contribution in [0.2, 0.25) is 0 Å². The third kappa shape index (κ3) is 4.07. The van der Waals surface area contributed by atoms with Gasteiger partial charge in [0.05, 0.1) is 16.3 Å². The van der Waals surface area contributed by atoms with Crippen LogP contribution in [0.15, 0.2) is 42.5 Å². The molecule has 0 bridgehead atoms. The number of hydrogen-bond acceptors (Lipinski definition) is 6. The van der Waals surface area contributed by atoms with Gasteiger partial charge in [-0.3, -0.25) is 14.9 Å². The van der Waals surface area contributed by atoms with Crippen LogP contribution in [0.5, 0.6) is 11.5 Å². The van der Waals surface area contributed by atoms with E-state index in [2.05, 4.69) is 10.3 Å². The van der Waals surface area contributed by atoms with Gasteiger partial charge in [0.2, 0.25) is 5.91 Å². The van der Waals surface area contributed by atoms with E-state index in [0.717, 1.165) is 34.2 Å². The predicted octanol–water partition coefficient (Wildman–Crippen LogP) is 3.17. The summed E-state index contributed by atoms with van der Waals surface area (Å²) in [4.78, 5) is 27.4. The molecule has 1 unspecified atom stereocenters. The van der Waals surface area contributed by atoms with Crippen molar-refractivity contribution in [2.75, 3.05) is 0 Å². The van der Waals surface area contributed by atoms with Gasteiger partial charge in [-0.15, -0.1) is 12.4 Å². The third-order valence-corrected chi connectivity index (χ3v) is 5.42. The van der Waals surface area contributed by atoms with E-state index in [1.807, 2.05) is 35.9 Å². The molecule has 2 amide bonds. The van der Waals surface area contributed by atoms with E-state index < -0.39 is 0 Å². The van der Waals surface area contributed by atoms with E-state index in [0.29, 0.717) is 18.8 Å². The van der Waals surface area contributed by atoms with Crippen molar-refractivity contribution < 1.29 is 19.4 Å². The van der Waals surface area contributed by atoms with Gasteiger partial charge in [0.25, 0.3) is 5.24 Å². The highest BCUT2D eigenvalue weighted by Crippen LogP contribution is 2.24. The lowest BCUT2D eigenvalue weighted by Gasteiger charge is -2.09. The SMILES string of the molecule is Cl.Cn1c(COc2ccc(CC3SC(=O)NC3=O)cc2)nc2ccc(O)cc21. The van der Waals surface area contributed by atoms with Crippen LogP contribution in [0.1, 0.15) is 11.4 Å². The Kier molecular flexibility index (Phi) is 5.81. The molecule has 0 radical (unpaired) electrons. The monoisotopic (exact) mass is 419 g/mol. The van der Waals surface area contributed by atoms with Gasteiger partial charge in [-0.05, 0) is 36.2 Å². The summed E-state index contributed by atoms with van der Waals surface area (Å²) >= 11 is 1.03. The fraction of sp³-hybridized carbons (Fsp3) is 0.211. The summed E-state index contributed by atoms with van der Waals surface area (Å²) in [5.74, 6) is 1.40. The van der Waals surface area contributed by atoms with E-state index >= 15 is 0 Å². The number of ether oxygens (including phenoxy) is 1. The highest BCUT2D eigenvalue weighted by atomic mass is 35.5. The van der Waals surface area contributed by atoms with Crippen LogP contribution < -0.4 is 10.1 Å². The Bertz CT molecular complexity index is 1040. The van der Waals surface area contributed by atoms with Gasteiger partial charge >= 0.3 is 0 Å². The topological polar surface area (TPSA) is 93.5 Å². The van der Waals surface area contributed by atoms with Crippen LogP contribution in [0.4, 0.5) is 4.79 Å². The lowest BCUT2D eigenvalue weighted by atomic mass is 10.1. The van der Waals surface area contributed by atoms with Crippen LogP contribution in [-0.2, 0) is 24.9 Å². The number of carbonyl (C=O) groups excluding carboxylic acids is 2. The summed E-state index contributed by atoms with van der Waals surface area (Å²) in [5, 5.41) is 11.2. The Hall–Kier alpha value is -2.71. The number of phenols is 1. The molecule has 1 aromatic heterocycles. The molecule has 1 saturated heterocycles. The molecule has 9 heteroatoms. The van der Waals surface area contributed by atoms with Crippen molar-refractivity contribution in [1.82, 2.24) is 14.9 Å². The number of nitrogens with one attached hydrogen (secondary N) is 1. The largest absolute Gasteiger partial charge is 0.508 e. The van der Waals surface area contributed by atoms with Gasteiger partial charge < -0.3 is 14.4 Å². The van der Waals surface area contributed by atoms with Gasteiger partial charge in [-0.25, -0.2) is 4.98 Å². The van der Waals surface area contributed by atoms with Gasteiger partial charge in [0, 0.05) is 13.1 Å². The molecule has 2 aromatic carbocycles. The number of rotatable bonds is 5. The van der Waals surface area contributed by atoms with Crippen molar-refractivity contribution in [1.29, 1.82) is 0 Å². The minimum absolute atomic E-state index is 0. The van der Waals surface area contributed by atoms with Gasteiger partial charge in [0.15, 0.2) is 0 Å². The van der Waals surface area contributed by atoms with E-state index in [9.17, 15) is 14.7 Å². The molecule has 2 heterocycles. The van der Waals surface area contributed by atoms with Crippen LogP contribution in [0, 0.1) is 0 Å². The fourth-order valence-electron chi connectivity index (χ4n) is 2.97.